The van der Waals surface area contributed by atoms with E-state index in [-0.39, 0.29) is 17.9 Å². The summed E-state index contributed by atoms with van der Waals surface area (Å²) in [4.78, 5) is 29.2. The molecule has 3 rings (SSSR count). The zero-order chi connectivity index (χ0) is 18.0. The molecule has 6 heteroatoms. The van der Waals surface area contributed by atoms with Gasteiger partial charge < -0.3 is 5.32 Å². The first-order valence-electron chi connectivity index (χ1n) is 8.14. The summed E-state index contributed by atoms with van der Waals surface area (Å²) in [5, 5.41) is 2.88. The quantitative estimate of drug-likeness (QED) is 0.831. The minimum Gasteiger partial charge on any atom is -0.339 e. The summed E-state index contributed by atoms with van der Waals surface area (Å²) < 4.78 is 0. The van der Waals surface area contributed by atoms with Gasteiger partial charge in [-0.3, -0.25) is 19.4 Å². The van der Waals surface area contributed by atoms with Gasteiger partial charge in [-0.1, -0.05) is 36.4 Å². The molecule has 1 fully saturated rings. The van der Waals surface area contributed by atoms with Crippen LogP contribution in [0.5, 0.6) is 0 Å². The lowest BCUT2D eigenvalue weighted by Crippen LogP contribution is -2.68. The highest BCUT2D eigenvalue weighted by molar-refractivity contribution is 7.81. The van der Waals surface area contributed by atoms with Gasteiger partial charge in [0.25, 0.3) is 11.8 Å². The lowest BCUT2D eigenvalue weighted by Gasteiger charge is -2.46. The molecule has 0 saturated carbocycles. The number of nitrogens with one attached hydrogen (secondary N) is 1. The van der Waals surface area contributed by atoms with Crippen LogP contribution in [0.4, 0.5) is 5.69 Å². The number of anilines is 1. The molecule has 0 aliphatic carbocycles. The van der Waals surface area contributed by atoms with E-state index < -0.39 is 11.5 Å². The molecule has 1 N–H and O–H groups in total. The molecule has 3 unspecified atom stereocenters. The third kappa shape index (κ3) is 3.41. The van der Waals surface area contributed by atoms with Crippen molar-refractivity contribution in [2.45, 2.75) is 24.5 Å². The Labute approximate surface area is 153 Å². The van der Waals surface area contributed by atoms with E-state index in [1.165, 1.54) is 0 Å². The number of carbonyl (C=O) groups excluding carboxylic acids is 2. The second-order valence-corrected chi connectivity index (χ2v) is 6.58. The van der Waals surface area contributed by atoms with Crippen molar-refractivity contribution in [1.29, 1.82) is 0 Å². The summed E-state index contributed by atoms with van der Waals surface area (Å²) in [6, 6.07) is 17.4. The third-order valence-electron chi connectivity index (χ3n) is 4.58. The zero-order valence-electron chi connectivity index (χ0n) is 14.2. The summed E-state index contributed by atoms with van der Waals surface area (Å²) in [5.74, 6) is -0.425. The number of benzene rings is 2. The second-order valence-electron chi connectivity index (χ2n) is 6.11. The Balaban J connectivity index is 1.88. The molecule has 25 heavy (non-hydrogen) atoms. The minimum atomic E-state index is -0.652. The highest BCUT2D eigenvalue weighted by atomic mass is 32.1. The topological polar surface area (TPSA) is 52.7 Å². The van der Waals surface area contributed by atoms with Gasteiger partial charge in [-0.15, -0.1) is 12.6 Å². The van der Waals surface area contributed by atoms with Crippen LogP contribution in [-0.2, 0) is 4.79 Å². The van der Waals surface area contributed by atoms with Crippen LogP contribution in [0.1, 0.15) is 17.3 Å². The SMILES string of the molecule is CC1C(NC(=O)c2ccccc2)C(=O)N(c2ccccc2)C(S)N1C. The fraction of sp³-hybridized carbons (Fsp3) is 0.263. The van der Waals surface area contributed by atoms with Crippen LogP contribution < -0.4 is 10.2 Å². The molecule has 1 aliphatic heterocycles. The van der Waals surface area contributed by atoms with Crippen molar-refractivity contribution < 1.29 is 9.59 Å². The Morgan fingerprint density at radius 3 is 2.20 bits per heavy atom. The number of para-hydroxylation sites is 1. The molecule has 130 valence electrons. The number of rotatable bonds is 3. The molecule has 1 saturated heterocycles. The molecule has 0 radical (unpaired) electrons. The van der Waals surface area contributed by atoms with E-state index in [0.29, 0.717) is 5.56 Å². The fourth-order valence-electron chi connectivity index (χ4n) is 2.94. The molecule has 1 heterocycles. The van der Waals surface area contributed by atoms with Gasteiger partial charge in [0.05, 0.1) is 0 Å². The van der Waals surface area contributed by atoms with E-state index in [0.717, 1.165) is 5.69 Å². The molecule has 0 spiro atoms. The van der Waals surface area contributed by atoms with Gasteiger partial charge in [-0.25, -0.2) is 0 Å². The van der Waals surface area contributed by atoms with Crippen molar-refractivity contribution in [3.63, 3.8) is 0 Å². The minimum absolute atomic E-state index is 0.166. The van der Waals surface area contributed by atoms with Gasteiger partial charge >= 0.3 is 0 Å². The largest absolute Gasteiger partial charge is 0.339 e. The molecular formula is C19H21N3O2S. The van der Waals surface area contributed by atoms with E-state index in [9.17, 15) is 9.59 Å². The number of nitrogens with zero attached hydrogens (tertiary/aromatic N) is 2. The Hall–Kier alpha value is -2.31. The standard InChI is InChI=1S/C19H21N3O2S/c1-13-16(20-17(23)14-9-5-3-6-10-14)18(24)22(19(25)21(13)2)15-11-7-4-8-12-15/h3-13,16,19,25H,1-2H3,(H,20,23). The van der Waals surface area contributed by atoms with Crippen molar-refractivity contribution in [2.75, 3.05) is 11.9 Å². The number of thiol groups is 1. The van der Waals surface area contributed by atoms with Crippen molar-refractivity contribution >= 4 is 30.1 Å². The highest BCUT2D eigenvalue weighted by Crippen LogP contribution is 2.28. The monoisotopic (exact) mass is 355 g/mol. The van der Waals surface area contributed by atoms with Gasteiger partial charge in [0.2, 0.25) is 0 Å². The zero-order valence-corrected chi connectivity index (χ0v) is 15.1. The first-order chi connectivity index (χ1) is 12.0. The first kappa shape index (κ1) is 17.5. The smallest absolute Gasteiger partial charge is 0.253 e. The number of hydrogen-bond donors (Lipinski definition) is 2. The summed E-state index contributed by atoms with van der Waals surface area (Å²) in [5.41, 5.74) is 0.893. The van der Waals surface area contributed by atoms with E-state index in [1.807, 2.05) is 55.3 Å². The molecule has 0 aromatic heterocycles. The van der Waals surface area contributed by atoms with Crippen LogP contribution in [0.15, 0.2) is 60.7 Å². The van der Waals surface area contributed by atoms with E-state index in [2.05, 4.69) is 17.9 Å². The Bertz CT molecular complexity index is 754. The second kappa shape index (κ2) is 7.29. The summed E-state index contributed by atoms with van der Waals surface area (Å²) in [7, 11) is 1.90. The van der Waals surface area contributed by atoms with Crippen molar-refractivity contribution in [1.82, 2.24) is 10.2 Å². The van der Waals surface area contributed by atoms with Gasteiger partial charge in [-0.2, -0.15) is 0 Å². The van der Waals surface area contributed by atoms with Crippen molar-refractivity contribution in [3.8, 4) is 0 Å². The van der Waals surface area contributed by atoms with Gasteiger partial charge in [0, 0.05) is 17.3 Å². The maximum atomic E-state index is 13.1. The van der Waals surface area contributed by atoms with Gasteiger partial charge in [-0.05, 0) is 38.2 Å². The van der Waals surface area contributed by atoms with Crippen LogP contribution in [-0.4, -0.2) is 41.3 Å². The van der Waals surface area contributed by atoms with Crippen LogP contribution >= 0.6 is 12.6 Å². The maximum absolute atomic E-state index is 13.1. The fourth-order valence-corrected chi connectivity index (χ4v) is 3.40. The number of carbonyl (C=O) groups is 2. The average Bonchev–Trinajstić information content (AvgIpc) is 2.65. The number of amides is 2. The lowest BCUT2D eigenvalue weighted by molar-refractivity contribution is -0.125. The first-order valence-corrected chi connectivity index (χ1v) is 8.66. The molecule has 2 amide bonds. The maximum Gasteiger partial charge on any atom is 0.253 e. The average molecular weight is 355 g/mol. The predicted octanol–water partition coefficient (Wildman–Crippen LogP) is 2.37. The molecule has 1 aliphatic rings. The third-order valence-corrected chi connectivity index (χ3v) is 5.18. The predicted molar refractivity (Wildman–Crippen MR) is 102 cm³/mol. The van der Waals surface area contributed by atoms with Crippen molar-refractivity contribution in [3.05, 3.63) is 66.2 Å². The summed E-state index contributed by atoms with van der Waals surface area (Å²) >= 11 is 4.60. The summed E-state index contributed by atoms with van der Waals surface area (Å²) in [6.07, 6.45) is 0. The van der Waals surface area contributed by atoms with Gasteiger partial charge in [0.15, 0.2) is 0 Å². The molecular weight excluding hydrogens is 334 g/mol. The molecule has 0 bridgehead atoms. The highest BCUT2D eigenvalue weighted by Gasteiger charge is 2.43. The van der Waals surface area contributed by atoms with E-state index in [1.54, 1.807) is 29.2 Å². The molecule has 2 aromatic carbocycles. The number of hydrogen-bond acceptors (Lipinski definition) is 4. The van der Waals surface area contributed by atoms with Crippen LogP contribution in [0.3, 0.4) is 0 Å². The molecule has 2 aromatic rings. The van der Waals surface area contributed by atoms with E-state index in [4.69, 9.17) is 0 Å². The molecule has 3 atom stereocenters. The number of likely N-dealkylation sites (N-methyl/N-ethyl adjacent to an activating group) is 1. The van der Waals surface area contributed by atoms with Crippen LogP contribution in [0.25, 0.3) is 0 Å². The molecule has 5 nitrogen and oxygen atoms in total. The Morgan fingerprint density at radius 2 is 1.60 bits per heavy atom. The summed E-state index contributed by atoms with van der Waals surface area (Å²) in [6.45, 7) is 1.92. The van der Waals surface area contributed by atoms with Gasteiger partial charge in [0.1, 0.15) is 11.5 Å². The van der Waals surface area contributed by atoms with Crippen molar-refractivity contribution in [2.24, 2.45) is 0 Å². The normalized spacial score (nSPS) is 24.2. The Kier molecular flexibility index (Phi) is 5.11. The lowest BCUT2D eigenvalue weighted by atomic mass is 10.0. The Morgan fingerprint density at radius 1 is 1.04 bits per heavy atom. The van der Waals surface area contributed by atoms with Crippen LogP contribution in [0.2, 0.25) is 0 Å². The van der Waals surface area contributed by atoms with E-state index >= 15 is 0 Å². The van der Waals surface area contributed by atoms with Crippen LogP contribution in [0, 0.1) is 0 Å².